The van der Waals surface area contributed by atoms with E-state index in [4.69, 9.17) is 9.84 Å². The van der Waals surface area contributed by atoms with Crippen molar-refractivity contribution in [1.82, 2.24) is 9.14 Å². The normalized spacial score (nSPS) is 15.9. The second kappa shape index (κ2) is 6.28. The van der Waals surface area contributed by atoms with Gasteiger partial charge in [-0.25, -0.2) is 14.5 Å². The minimum absolute atomic E-state index is 0.0449. The van der Waals surface area contributed by atoms with Crippen molar-refractivity contribution >= 4 is 23.9 Å². The summed E-state index contributed by atoms with van der Waals surface area (Å²) in [5, 5.41) is 8.40. The van der Waals surface area contributed by atoms with Crippen molar-refractivity contribution in [3.63, 3.8) is 0 Å². The van der Waals surface area contributed by atoms with Crippen molar-refractivity contribution in [2.75, 3.05) is 26.4 Å². The van der Waals surface area contributed by atoms with E-state index >= 15 is 0 Å². The highest BCUT2D eigenvalue weighted by molar-refractivity contribution is 7.95. The highest BCUT2D eigenvalue weighted by Crippen LogP contribution is 2.10. The number of carboxylic acid groups (broad SMARTS) is 1. The van der Waals surface area contributed by atoms with E-state index in [0.29, 0.717) is 35.9 Å². The molecule has 0 aliphatic carbocycles. The molecule has 90 valence electrons. The molecule has 1 aliphatic heterocycles. The zero-order chi connectivity index (χ0) is 12.0. The van der Waals surface area contributed by atoms with E-state index in [9.17, 15) is 9.70 Å². The number of hydrogen-bond acceptors (Lipinski definition) is 5. The molecule has 9 heteroatoms. The van der Waals surface area contributed by atoms with Gasteiger partial charge in [0, 0.05) is 6.61 Å². The van der Waals surface area contributed by atoms with E-state index in [1.807, 2.05) is 11.6 Å². The van der Waals surface area contributed by atoms with Gasteiger partial charge < -0.3 is 9.84 Å². The molecular formula is C7H13N4O4S+. The maximum absolute atomic E-state index is 11.3. The van der Waals surface area contributed by atoms with Crippen molar-refractivity contribution in [3.05, 3.63) is 4.91 Å². The van der Waals surface area contributed by atoms with Gasteiger partial charge in [-0.2, -0.15) is 0 Å². The average molecular weight is 249 g/mol. The molecular weight excluding hydrogens is 236 g/mol. The third kappa shape index (κ3) is 4.03. The number of rotatable bonds is 5. The summed E-state index contributed by atoms with van der Waals surface area (Å²) in [6, 6.07) is 0. The van der Waals surface area contributed by atoms with Crippen LogP contribution in [-0.2, 0) is 4.74 Å². The Morgan fingerprint density at radius 1 is 1.81 bits per heavy atom. The van der Waals surface area contributed by atoms with Crippen LogP contribution in [0.15, 0.2) is 4.99 Å². The summed E-state index contributed by atoms with van der Waals surface area (Å²) in [4.78, 5) is 26.1. The summed E-state index contributed by atoms with van der Waals surface area (Å²) < 4.78 is 8.43. The molecule has 0 saturated heterocycles. The summed E-state index contributed by atoms with van der Waals surface area (Å²) in [7, 11) is 0. The van der Waals surface area contributed by atoms with Gasteiger partial charge in [-0.05, 0) is 6.92 Å². The lowest BCUT2D eigenvalue weighted by Crippen LogP contribution is -2.41. The highest BCUT2D eigenvalue weighted by Gasteiger charge is 2.28. The number of amides is 1. The van der Waals surface area contributed by atoms with E-state index in [0.717, 1.165) is 0 Å². The topological polar surface area (TPSA) is 94.2 Å². The van der Waals surface area contributed by atoms with Crippen LogP contribution in [0.5, 0.6) is 0 Å². The summed E-state index contributed by atoms with van der Waals surface area (Å²) in [5.74, 6) is 0. The Morgan fingerprint density at radius 3 is 3.19 bits per heavy atom. The maximum atomic E-state index is 11.3. The van der Waals surface area contributed by atoms with Gasteiger partial charge in [-0.3, -0.25) is 0 Å². The molecule has 0 aromatic carbocycles. The minimum atomic E-state index is -1.20. The zero-order valence-corrected chi connectivity index (χ0v) is 9.57. The number of nitrogens with one attached hydrogen (secondary N) is 1. The van der Waals surface area contributed by atoms with Crippen LogP contribution in [0.25, 0.3) is 0 Å². The van der Waals surface area contributed by atoms with Crippen LogP contribution in [0.2, 0.25) is 0 Å². The van der Waals surface area contributed by atoms with Crippen LogP contribution in [0.4, 0.5) is 4.79 Å². The molecule has 16 heavy (non-hydrogen) atoms. The number of aliphatic imine (C=N–C) groups is 1. The first kappa shape index (κ1) is 12.7. The van der Waals surface area contributed by atoms with Crippen LogP contribution in [0, 0.1) is 4.91 Å². The summed E-state index contributed by atoms with van der Waals surface area (Å²) in [5.41, 5.74) is 0.716. The van der Waals surface area contributed by atoms with Crippen molar-refractivity contribution < 1.29 is 19.5 Å². The van der Waals surface area contributed by atoms with Crippen LogP contribution in [0.3, 0.4) is 0 Å². The Morgan fingerprint density at radius 2 is 2.56 bits per heavy atom. The van der Waals surface area contributed by atoms with Crippen LogP contribution in [0.1, 0.15) is 6.92 Å². The van der Waals surface area contributed by atoms with Crippen molar-refractivity contribution in [1.29, 1.82) is 0 Å². The second-order valence-corrected chi connectivity index (χ2v) is 3.67. The van der Waals surface area contributed by atoms with E-state index in [-0.39, 0.29) is 13.2 Å². The first-order chi connectivity index (χ1) is 7.63. The van der Waals surface area contributed by atoms with Gasteiger partial charge >= 0.3 is 12.8 Å². The number of ether oxygens (including phenoxy) is 1. The highest BCUT2D eigenvalue weighted by atomic mass is 32.2. The predicted octanol–water partition coefficient (Wildman–Crippen LogP) is 0.262. The average Bonchev–Trinajstić information content (AvgIpc) is 2.26. The number of nitroso groups, excluding NO2 is 1. The minimum Gasteiger partial charge on any atom is -0.464 e. The number of hydrogen-bond donors (Lipinski definition) is 2. The molecule has 0 fully saturated rings. The van der Waals surface area contributed by atoms with Gasteiger partial charge in [0.15, 0.2) is 4.87 Å². The van der Waals surface area contributed by atoms with Crippen LogP contribution < -0.4 is 4.72 Å². The monoisotopic (exact) mass is 249 g/mol. The van der Waals surface area contributed by atoms with Crippen molar-refractivity contribution in [2.24, 2.45) is 4.99 Å². The van der Waals surface area contributed by atoms with Crippen LogP contribution >= 0.6 is 12.1 Å². The Kier molecular flexibility index (Phi) is 4.99. The fraction of sp³-hybridized carbons (Fsp3) is 0.714. The molecule has 1 aliphatic rings. The van der Waals surface area contributed by atoms with E-state index in [1.165, 1.54) is 4.41 Å². The second-order valence-electron chi connectivity index (χ2n) is 2.86. The predicted molar refractivity (Wildman–Crippen MR) is 57.9 cm³/mol. The Balaban J connectivity index is 2.44. The molecule has 0 aromatic heterocycles. The smallest absolute Gasteiger partial charge is 0.416 e. The molecule has 0 saturated carbocycles. The Hall–Kier alpha value is -1.35. The lowest BCUT2D eigenvalue weighted by Gasteiger charge is -2.16. The molecule has 1 rings (SSSR count). The Labute approximate surface area is 96.5 Å². The third-order valence-electron chi connectivity index (χ3n) is 1.69. The maximum Gasteiger partial charge on any atom is 0.416 e. The van der Waals surface area contributed by atoms with Crippen molar-refractivity contribution in [2.45, 2.75) is 6.92 Å². The van der Waals surface area contributed by atoms with E-state index in [2.05, 4.69) is 4.99 Å². The first-order valence-corrected chi connectivity index (χ1v) is 5.38. The molecule has 0 atom stereocenters. The molecule has 1 heterocycles. The summed E-state index contributed by atoms with van der Waals surface area (Å²) in [6.45, 7) is 2.99. The molecule has 2 N–H and O–H groups in total. The SMILES string of the molecule is CCOCC1=NC[N+](=O)N(SNC(=O)O)C1. The number of hydrazine groups is 1. The third-order valence-corrected chi connectivity index (χ3v) is 2.48. The molecule has 8 nitrogen and oxygen atoms in total. The fourth-order valence-electron chi connectivity index (χ4n) is 0.997. The first-order valence-electron chi connectivity index (χ1n) is 4.61. The molecule has 0 bridgehead atoms. The molecule has 1 amide bonds. The van der Waals surface area contributed by atoms with Gasteiger partial charge in [-0.15, -0.1) is 0 Å². The van der Waals surface area contributed by atoms with Gasteiger partial charge in [0.1, 0.15) is 18.7 Å². The summed E-state index contributed by atoms with van der Waals surface area (Å²) >= 11 is 0.712. The standard InChI is InChI=1S/C7H12N4O4S/c1-2-15-4-6-3-11(10(14)5-8-6)16-9-7(12)13/h9H,2-5H2,1H3/p+1. The fourth-order valence-corrected chi connectivity index (χ4v) is 1.54. The van der Waals surface area contributed by atoms with E-state index in [1.54, 1.807) is 0 Å². The zero-order valence-electron chi connectivity index (χ0n) is 8.75. The Bertz CT molecular complexity index is 309. The molecule has 0 radical (unpaired) electrons. The van der Waals surface area contributed by atoms with Crippen molar-refractivity contribution in [3.8, 4) is 0 Å². The molecule has 0 aromatic rings. The van der Waals surface area contributed by atoms with Crippen LogP contribution in [-0.4, -0.2) is 52.6 Å². The molecule has 0 spiro atoms. The number of carbonyl (C=O) groups is 1. The lowest BCUT2D eigenvalue weighted by molar-refractivity contribution is -0.672. The van der Waals surface area contributed by atoms with Gasteiger partial charge in [0.05, 0.1) is 17.2 Å². The van der Waals surface area contributed by atoms with E-state index < -0.39 is 6.09 Å². The lowest BCUT2D eigenvalue weighted by atomic mass is 10.4. The number of nitrogens with zero attached hydrogens (tertiary/aromatic N) is 3. The largest absolute Gasteiger partial charge is 0.464 e. The van der Waals surface area contributed by atoms with Gasteiger partial charge in [-0.1, -0.05) is 4.41 Å². The van der Waals surface area contributed by atoms with Gasteiger partial charge in [0.2, 0.25) is 0 Å². The molecule has 0 unspecified atom stereocenters. The quantitative estimate of drug-likeness (QED) is 0.536. The van der Waals surface area contributed by atoms with Gasteiger partial charge in [0.25, 0.3) is 0 Å². The summed E-state index contributed by atoms with van der Waals surface area (Å²) in [6.07, 6.45) is -1.20.